The van der Waals surface area contributed by atoms with Crippen molar-refractivity contribution in [3.05, 3.63) is 0 Å². The second kappa shape index (κ2) is 83.4. The molecule has 0 saturated heterocycles. The SMILES string of the molecule is CCCCC(CC)COP(OCC(CC)CCCC)SCC(C)OP(OC(C)CSP(OCC(CC)CCCC)OCC(CC)CCCC)SCC(C)OP(OC(C)CSP(=S)(OC(C)CSP(OCC(CC)CCCC)OCC(CC)CCCC)OC(C)CSP(=S)(OCC(CC)CCCC)OCC(CC)CCCC)SCCC(=O)OCC. The molecule has 0 heterocycles. The van der Waals surface area contributed by atoms with Crippen LogP contribution >= 0.6 is 129 Å². The van der Waals surface area contributed by atoms with E-state index in [-0.39, 0.29) is 49.0 Å². The molecule has 0 spiro atoms. The summed E-state index contributed by atoms with van der Waals surface area (Å²) in [6, 6.07) is 0. The Bertz CT molecular complexity index is 2230. The van der Waals surface area contributed by atoms with Crippen molar-refractivity contribution in [2.24, 2.45) is 47.3 Å². The summed E-state index contributed by atoms with van der Waals surface area (Å²) in [6.07, 6.45) is 35.1. The van der Waals surface area contributed by atoms with Crippen LogP contribution in [-0.4, -0.2) is 142 Å². The zero-order valence-electron chi connectivity index (χ0n) is 79.6. The van der Waals surface area contributed by atoms with E-state index in [9.17, 15) is 4.79 Å². The van der Waals surface area contributed by atoms with E-state index in [2.05, 4.69) is 152 Å². The number of rotatable bonds is 91. The van der Waals surface area contributed by atoms with Gasteiger partial charge >= 0.3 is 5.97 Å². The lowest BCUT2D eigenvalue weighted by Gasteiger charge is -2.31. The molecule has 0 aromatic rings. The molecule has 0 aliphatic carbocycles. The number of hydrogen-bond acceptors (Lipinski definition) is 25. The molecule has 0 aromatic heterocycles. The largest absolute Gasteiger partial charge is 0.466 e. The summed E-state index contributed by atoms with van der Waals surface area (Å²) in [5, 5.41) is 0. The fourth-order valence-corrected chi connectivity index (χ4v) is 38.6. The van der Waals surface area contributed by atoms with Crippen LogP contribution in [0.1, 0.15) is 371 Å². The highest BCUT2D eigenvalue weighted by molar-refractivity contribution is 8.68. The van der Waals surface area contributed by atoms with Crippen molar-refractivity contribution >= 4 is 159 Å². The molecule has 714 valence electrons. The average molecular weight is 1990 g/mol. The van der Waals surface area contributed by atoms with E-state index in [0.29, 0.717) is 147 Å². The van der Waals surface area contributed by atoms with Gasteiger partial charge in [-0.15, -0.1) is 0 Å². The standard InChI is InChI=1S/C87H181O16P7S9/c1-24-41-49-79(32-9)59-90-104(91-60-80(33-10)50-42-25-2)114-67-73(18)99-108(100-74(19)68-115-105(92-61-81(34-11)51-43-26-3)93-62-82(35-12)52-44-27-4)117-69-75(20)98-107(113-58-57-87(88)89-40-17)101-76(21)71-119-110(112,102-77(22)70-116-106(94-63-83(36-13)53-45-28-5)95-64-84(37-14)54-46-29-6)103-78(23)72-118-109(111,96-65-85(38-15)55-47-30-7)97-66-86(39-16)56-48-31-8/h73-86H,24-72H2,1-23H3. The Morgan fingerprint density at radius 1 is 0.294 bits per heavy atom. The van der Waals surface area contributed by atoms with Gasteiger partial charge < -0.3 is 68.1 Å². The second-order valence-corrected chi connectivity index (χ2v) is 61.0. The predicted molar refractivity (Wildman–Crippen MR) is 549 cm³/mol. The molecule has 16 nitrogen and oxygen atoms in total. The quantitative estimate of drug-likeness (QED) is 0.0418. The van der Waals surface area contributed by atoms with Crippen LogP contribution in [-0.2, 0) is 96.5 Å². The number of unbranched alkanes of at least 4 members (excludes halogenated alkanes) is 8. The highest BCUT2D eigenvalue weighted by Gasteiger charge is 2.34. The van der Waals surface area contributed by atoms with Crippen molar-refractivity contribution in [1.82, 2.24) is 0 Å². The van der Waals surface area contributed by atoms with Gasteiger partial charge in [0.1, 0.15) is 0 Å². The van der Waals surface area contributed by atoms with Crippen molar-refractivity contribution < 1.29 is 72.9 Å². The summed E-state index contributed by atoms with van der Waals surface area (Å²) in [4.78, 5) is 13.0. The topological polar surface area (TPSA) is 156 Å². The fourth-order valence-electron chi connectivity index (χ4n) is 12.0. The lowest BCUT2D eigenvalue weighted by molar-refractivity contribution is -0.142. The van der Waals surface area contributed by atoms with E-state index in [1.165, 1.54) is 99.8 Å². The van der Waals surface area contributed by atoms with Crippen molar-refractivity contribution in [3.63, 3.8) is 0 Å². The van der Waals surface area contributed by atoms with Gasteiger partial charge in [0.25, 0.3) is 0 Å². The maximum atomic E-state index is 13.0. The summed E-state index contributed by atoms with van der Waals surface area (Å²) in [7, 11) is -6.81. The van der Waals surface area contributed by atoms with Crippen LogP contribution in [0.2, 0.25) is 0 Å². The monoisotopic (exact) mass is 1990 g/mol. The minimum Gasteiger partial charge on any atom is -0.466 e. The van der Waals surface area contributed by atoms with Gasteiger partial charge in [-0.2, -0.15) is 0 Å². The summed E-state index contributed by atoms with van der Waals surface area (Å²) in [5.41, 5.74) is -5.95. The van der Waals surface area contributed by atoms with E-state index in [1.807, 2.05) is 6.92 Å². The Morgan fingerprint density at radius 2 is 0.521 bits per heavy atom. The molecule has 0 amide bonds. The molecule has 32 heteroatoms. The zero-order valence-corrected chi connectivity index (χ0v) is 93.2. The lowest BCUT2D eigenvalue weighted by Crippen LogP contribution is -2.17. The zero-order chi connectivity index (χ0) is 88.8. The molecule has 16 atom stereocenters. The highest BCUT2D eigenvalue weighted by atomic mass is 32.9. The molecular formula is C87H181O16P7S9. The van der Waals surface area contributed by atoms with Crippen LogP contribution in [0.15, 0.2) is 0 Å². The first-order chi connectivity index (χ1) is 57.3. The molecule has 16 unspecified atom stereocenters. The molecule has 0 bridgehead atoms. The molecule has 0 saturated carbocycles. The van der Waals surface area contributed by atoms with Crippen molar-refractivity contribution in [2.75, 3.05) is 99.7 Å². The van der Waals surface area contributed by atoms with Crippen LogP contribution in [0.5, 0.6) is 0 Å². The first kappa shape index (κ1) is 124. The molecule has 0 rings (SSSR count). The maximum absolute atomic E-state index is 13.0. The van der Waals surface area contributed by atoms with Crippen molar-refractivity contribution in [3.8, 4) is 0 Å². The smallest absolute Gasteiger partial charge is 0.306 e. The molecule has 119 heavy (non-hydrogen) atoms. The third kappa shape index (κ3) is 68.5. The number of hydrogen-bond donors (Lipinski definition) is 0. The minimum absolute atomic E-state index is 0.174. The fraction of sp³-hybridized carbons (Fsp3) is 0.989. The Balaban J connectivity index is 7.66. The van der Waals surface area contributed by atoms with E-state index in [1.54, 1.807) is 56.9 Å². The molecule has 0 fully saturated rings. The second-order valence-electron chi connectivity index (χ2n) is 32.4. The van der Waals surface area contributed by atoms with E-state index in [4.69, 9.17) is 91.7 Å². The predicted octanol–water partition coefficient (Wildman–Crippen LogP) is 35.0. The minimum atomic E-state index is -3.15. The van der Waals surface area contributed by atoms with Crippen LogP contribution in [0.3, 0.4) is 0 Å². The van der Waals surface area contributed by atoms with Gasteiger partial charge in [-0.3, -0.25) is 4.79 Å². The molecular weight excluding hydrogens is 1810 g/mol. The van der Waals surface area contributed by atoms with E-state index < -0.39 is 49.3 Å². The molecule has 0 aromatic carbocycles. The third-order valence-electron chi connectivity index (χ3n) is 20.9. The van der Waals surface area contributed by atoms with E-state index >= 15 is 0 Å². The summed E-state index contributed by atoms with van der Waals surface area (Å²) >= 11 is 24.8. The third-order valence-corrected chi connectivity index (χ3v) is 48.5. The highest BCUT2D eigenvalue weighted by Crippen LogP contribution is 2.67. The van der Waals surface area contributed by atoms with Gasteiger partial charge in [0, 0.05) is 40.3 Å². The maximum Gasteiger partial charge on any atom is 0.306 e. The number of ether oxygens (including phenoxy) is 1. The van der Waals surface area contributed by atoms with Crippen molar-refractivity contribution in [1.29, 1.82) is 0 Å². The van der Waals surface area contributed by atoms with Gasteiger partial charge in [-0.25, -0.2) is 0 Å². The Hall–Kier alpha value is 4.81. The molecule has 0 N–H and O–H groups in total. The molecule has 0 radical (unpaired) electrons. The van der Waals surface area contributed by atoms with Crippen LogP contribution < -0.4 is 0 Å². The first-order valence-corrected chi connectivity index (χ1v) is 69.5. The summed E-state index contributed by atoms with van der Waals surface area (Å²) < 4.78 is 102. The number of carbonyl (C=O) groups is 1. The first-order valence-electron chi connectivity index (χ1n) is 47.2. The number of esters is 1. The summed E-state index contributed by atoms with van der Waals surface area (Å²) in [6.45, 7) is 56.4. The molecule has 0 aliphatic heterocycles. The van der Waals surface area contributed by atoms with E-state index in [0.717, 1.165) is 128 Å². The Labute approximate surface area is 779 Å². The molecule has 0 aliphatic rings. The Morgan fingerprint density at radius 3 is 0.790 bits per heavy atom. The Kier molecular flexibility index (Phi) is 86.8. The van der Waals surface area contributed by atoms with Crippen molar-refractivity contribution in [2.45, 2.75) is 408 Å². The average Bonchev–Trinajstić information content (AvgIpc) is 0.851. The lowest BCUT2D eigenvalue weighted by atomic mass is 10.0. The van der Waals surface area contributed by atoms with Crippen LogP contribution in [0.25, 0.3) is 0 Å². The van der Waals surface area contributed by atoms with Crippen LogP contribution in [0, 0.1) is 47.3 Å². The number of carbonyl (C=O) groups excluding carboxylic acids is 1. The van der Waals surface area contributed by atoms with Gasteiger partial charge in [-0.1, -0.05) is 345 Å². The summed E-state index contributed by atoms with van der Waals surface area (Å²) in [5.74, 6) is 7.56. The van der Waals surface area contributed by atoms with Gasteiger partial charge in [0.15, 0.2) is 0 Å². The van der Waals surface area contributed by atoms with Gasteiger partial charge in [-0.05, 0) is 171 Å². The van der Waals surface area contributed by atoms with Gasteiger partial charge in [0.2, 0.25) is 49.3 Å². The normalized spacial score (nSPS) is 18.1. The van der Waals surface area contributed by atoms with Crippen LogP contribution in [0.4, 0.5) is 0 Å². The van der Waals surface area contributed by atoms with Gasteiger partial charge in [0.05, 0.1) is 103 Å².